The van der Waals surface area contributed by atoms with Crippen LogP contribution in [0.25, 0.3) is 0 Å². The zero-order valence-electron chi connectivity index (χ0n) is 13.1. The third-order valence-corrected chi connectivity index (χ3v) is 3.54. The van der Waals surface area contributed by atoms with E-state index in [1.54, 1.807) is 18.2 Å². The van der Waals surface area contributed by atoms with Gasteiger partial charge in [0.2, 0.25) is 0 Å². The van der Waals surface area contributed by atoms with Gasteiger partial charge in [-0.2, -0.15) is 0 Å². The minimum absolute atomic E-state index is 0.346. The highest BCUT2D eigenvalue weighted by Crippen LogP contribution is 2.33. The molecule has 0 N–H and O–H groups in total. The van der Waals surface area contributed by atoms with Crippen LogP contribution in [0.4, 0.5) is 0 Å². The number of benzene rings is 1. The maximum atomic E-state index is 12.2. The largest absolute Gasteiger partial charge is 0.486 e. The molecule has 0 amide bonds. The quantitative estimate of drug-likeness (QED) is 0.627. The summed E-state index contributed by atoms with van der Waals surface area (Å²) in [6.45, 7) is 3.24. The van der Waals surface area contributed by atoms with Gasteiger partial charge in [0.25, 0.3) is 0 Å². The molecule has 0 fully saturated rings. The second-order valence-corrected chi connectivity index (χ2v) is 5.34. The van der Waals surface area contributed by atoms with Crippen LogP contribution >= 0.6 is 0 Å². The topological polar surface area (TPSA) is 57.7 Å². The molecule has 0 bridgehead atoms. The maximum absolute atomic E-state index is 12.2. The maximum Gasteiger partial charge on any atom is 0.342 e. The Morgan fingerprint density at radius 2 is 2.00 bits per heavy atom. The minimum atomic E-state index is -0.385. The standard InChI is InChI=1S/C18H19NO4/c1-13-5-2-6-14(19-13)7-4-10-23-18(20)15-8-3-9-16-17(15)22-12-11-21-16/h2-3,5-6,8-9H,4,7,10-12H2,1H3. The first-order valence-corrected chi connectivity index (χ1v) is 7.72. The van der Waals surface area contributed by atoms with Crippen LogP contribution in [0.5, 0.6) is 11.5 Å². The van der Waals surface area contributed by atoms with Gasteiger partial charge < -0.3 is 14.2 Å². The summed E-state index contributed by atoms with van der Waals surface area (Å²) in [5, 5.41) is 0. The van der Waals surface area contributed by atoms with Gasteiger partial charge >= 0.3 is 5.97 Å². The molecule has 1 aromatic heterocycles. The number of carbonyl (C=O) groups excluding carboxylic acids is 1. The predicted molar refractivity (Wildman–Crippen MR) is 85.0 cm³/mol. The summed E-state index contributed by atoms with van der Waals surface area (Å²) in [6.07, 6.45) is 1.51. The molecule has 2 heterocycles. The Balaban J connectivity index is 1.54. The number of pyridine rings is 1. The molecule has 120 valence electrons. The number of fused-ring (bicyclic) bond motifs is 1. The summed E-state index contributed by atoms with van der Waals surface area (Å²) in [5.74, 6) is 0.684. The molecule has 0 saturated heterocycles. The van der Waals surface area contributed by atoms with Crippen LogP contribution in [-0.2, 0) is 11.2 Å². The number of para-hydroxylation sites is 1. The molecule has 0 spiro atoms. The van der Waals surface area contributed by atoms with Gasteiger partial charge in [-0.3, -0.25) is 4.98 Å². The summed E-state index contributed by atoms with van der Waals surface area (Å²) in [6, 6.07) is 11.2. The van der Waals surface area contributed by atoms with E-state index in [1.165, 1.54) is 0 Å². The van der Waals surface area contributed by atoms with Gasteiger partial charge in [0, 0.05) is 11.4 Å². The average Bonchev–Trinajstić information content (AvgIpc) is 2.58. The van der Waals surface area contributed by atoms with E-state index in [1.807, 2.05) is 25.1 Å². The highest BCUT2D eigenvalue weighted by Gasteiger charge is 2.21. The van der Waals surface area contributed by atoms with Crippen molar-refractivity contribution >= 4 is 5.97 Å². The summed E-state index contributed by atoms with van der Waals surface area (Å²) < 4.78 is 16.3. The van der Waals surface area contributed by atoms with Crippen LogP contribution in [0.1, 0.15) is 28.2 Å². The van der Waals surface area contributed by atoms with Crippen molar-refractivity contribution in [1.29, 1.82) is 0 Å². The van der Waals surface area contributed by atoms with Crippen molar-refractivity contribution in [1.82, 2.24) is 4.98 Å². The molecule has 1 aliphatic rings. The first kappa shape index (κ1) is 15.3. The van der Waals surface area contributed by atoms with Crippen LogP contribution < -0.4 is 9.47 Å². The van der Waals surface area contributed by atoms with Gasteiger partial charge in [-0.25, -0.2) is 4.79 Å². The SMILES string of the molecule is Cc1cccc(CCCOC(=O)c2cccc3c2OCCO3)n1. The molecule has 23 heavy (non-hydrogen) atoms. The molecule has 1 aromatic carbocycles. The molecule has 0 radical (unpaired) electrons. The van der Waals surface area contributed by atoms with E-state index in [4.69, 9.17) is 14.2 Å². The molecule has 0 saturated carbocycles. The monoisotopic (exact) mass is 313 g/mol. The van der Waals surface area contributed by atoms with E-state index in [-0.39, 0.29) is 5.97 Å². The van der Waals surface area contributed by atoms with Crippen LogP contribution in [0.2, 0.25) is 0 Å². The van der Waals surface area contributed by atoms with Crippen molar-refractivity contribution in [3.8, 4) is 11.5 Å². The zero-order chi connectivity index (χ0) is 16.1. The molecule has 0 atom stereocenters. The molecule has 0 aliphatic carbocycles. The Morgan fingerprint density at radius 3 is 2.87 bits per heavy atom. The van der Waals surface area contributed by atoms with E-state index < -0.39 is 0 Å². The second-order valence-electron chi connectivity index (χ2n) is 5.34. The van der Waals surface area contributed by atoms with Crippen molar-refractivity contribution in [2.24, 2.45) is 0 Å². The summed E-state index contributed by atoms with van der Waals surface area (Å²) in [4.78, 5) is 16.6. The molecule has 1 aliphatic heterocycles. The van der Waals surface area contributed by atoms with Gasteiger partial charge in [-0.1, -0.05) is 12.1 Å². The lowest BCUT2D eigenvalue weighted by molar-refractivity contribution is 0.0490. The number of hydrogen-bond donors (Lipinski definition) is 0. The predicted octanol–water partition coefficient (Wildman–Crippen LogP) is 2.95. The van der Waals surface area contributed by atoms with Gasteiger partial charge in [0.05, 0.1) is 6.61 Å². The van der Waals surface area contributed by atoms with E-state index in [2.05, 4.69) is 4.98 Å². The number of ether oxygens (including phenoxy) is 3. The smallest absolute Gasteiger partial charge is 0.342 e. The number of hydrogen-bond acceptors (Lipinski definition) is 5. The van der Waals surface area contributed by atoms with Crippen molar-refractivity contribution in [2.75, 3.05) is 19.8 Å². The van der Waals surface area contributed by atoms with Crippen LogP contribution in [0.15, 0.2) is 36.4 Å². The van der Waals surface area contributed by atoms with Crippen LogP contribution in [-0.4, -0.2) is 30.8 Å². The molecule has 3 rings (SSSR count). The summed E-state index contributed by atoms with van der Waals surface area (Å²) >= 11 is 0. The fourth-order valence-corrected chi connectivity index (χ4v) is 2.47. The molecule has 2 aromatic rings. The van der Waals surface area contributed by atoms with Crippen LogP contribution in [0.3, 0.4) is 0 Å². The van der Waals surface area contributed by atoms with Crippen molar-refractivity contribution in [2.45, 2.75) is 19.8 Å². The van der Waals surface area contributed by atoms with E-state index in [9.17, 15) is 4.79 Å². The lowest BCUT2D eigenvalue weighted by Crippen LogP contribution is -2.18. The number of carbonyl (C=O) groups is 1. The van der Waals surface area contributed by atoms with Crippen LogP contribution in [0, 0.1) is 6.92 Å². The van der Waals surface area contributed by atoms with E-state index in [0.717, 1.165) is 24.2 Å². The van der Waals surface area contributed by atoms with Gasteiger partial charge in [-0.15, -0.1) is 0 Å². The van der Waals surface area contributed by atoms with Crippen molar-refractivity contribution in [3.05, 3.63) is 53.3 Å². The molecule has 0 unspecified atom stereocenters. The molecule has 5 nitrogen and oxygen atoms in total. The first-order chi connectivity index (χ1) is 11.2. The normalized spacial score (nSPS) is 12.7. The average molecular weight is 313 g/mol. The Morgan fingerprint density at radius 1 is 1.17 bits per heavy atom. The first-order valence-electron chi connectivity index (χ1n) is 7.72. The van der Waals surface area contributed by atoms with E-state index in [0.29, 0.717) is 36.9 Å². The number of aromatic nitrogens is 1. The molecule has 5 heteroatoms. The van der Waals surface area contributed by atoms with Crippen molar-refractivity contribution < 1.29 is 19.0 Å². The third-order valence-electron chi connectivity index (χ3n) is 3.54. The summed E-state index contributed by atoms with van der Waals surface area (Å²) in [5.41, 5.74) is 2.42. The number of esters is 1. The van der Waals surface area contributed by atoms with Crippen molar-refractivity contribution in [3.63, 3.8) is 0 Å². The second kappa shape index (κ2) is 7.13. The lowest BCUT2D eigenvalue weighted by atomic mass is 10.1. The highest BCUT2D eigenvalue weighted by atomic mass is 16.6. The molecular formula is C18H19NO4. The fraction of sp³-hybridized carbons (Fsp3) is 0.333. The molecular weight excluding hydrogens is 294 g/mol. The van der Waals surface area contributed by atoms with Gasteiger partial charge in [0.15, 0.2) is 11.5 Å². The van der Waals surface area contributed by atoms with E-state index >= 15 is 0 Å². The Labute approximate surface area is 135 Å². The number of nitrogens with zero attached hydrogens (tertiary/aromatic N) is 1. The van der Waals surface area contributed by atoms with Gasteiger partial charge in [-0.05, 0) is 44.0 Å². The lowest BCUT2D eigenvalue weighted by Gasteiger charge is -2.20. The zero-order valence-corrected chi connectivity index (χ0v) is 13.1. The Bertz CT molecular complexity index is 699. The minimum Gasteiger partial charge on any atom is -0.486 e. The third kappa shape index (κ3) is 3.80. The Hall–Kier alpha value is -2.56. The Kier molecular flexibility index (Phi) is 4.76. The summed E-state index contributed by atoms with van der Waals surface area (Å²) in [7, 11) is 0. The highest BCUT2D eigenvalue weighted by molar-refractivity contribution is 5.93. The fourth-order valence-electron chi connectivity index (χ4n) is 2.47. The van der Waals surface area contributed by atoms with Gasteiger partial charge in [0.1, 0.15) is 18.8 Å². The number of rotatable bonds is 5. The number of aryl methyl sites for hydroxylation is 2.